The summed E-state index contributed by atoms with van der Waals surface area (Å²) >= 11 is 0. The predicted octanol–water partition coefficient (Wildman–Crippen LogP) is 2.99. The van der Waals surface area contributed by atoms with E-state index in [1.165, 1.54) is 18.4 Å². The smallest absolute Gasteiger partial charge is 0.237 e. The molecule has 2 rings (SSSR count). The van der Waals surface area contributed by atoms with Crippen molar-refractivity contribution < 1.29 is 4.79 Å². The molecule has 0 spiro atoms. The number of benzene rings is 1. The van der Waals surface area contributed by atoms with Crippen LogP contribution < -0.4 is 5.32 Å². The summed E-state index contributed by atoms with van der Waals surface area (Å²) in [7, 11) is 0. The zero-order valence-corrected chi connectivity index (χ0v) is 12.1. The summed E-state index contributed by atoms with van der Waals surface area (Å²) in [6.07, 6.45) is 5.97. The maximum atomic E-state index is 12.1. The molecule has 1 aromatic rings. The van der Waals surface area contributed by atoms with Crippen molar-refractivity contribution in [1.82, 2.24) is 5.32 Å². The third kappa shape index (κ3) is 3.84. The lowest BCUT2D eigenvalue weighted by molar-refractivity contribution is -0.124. The molecule has 1 saturated carbocycles. The summed E-state index contributed by atoms with van der Waals surface area (Å²) in [5.74, 6) is -0.693. The third-order valence-electron chi connectivity index (χ3n) is 4.04. The van der Waals surface area contributed by atoms with Crippen molar-refractivity contribution in [3.05, 3.63) is 35.4 Å². The van der Waals surface area contributed by atoms with Gasteiger partial charge in [0.05, 0.1) is 6.07 Å². The molecule has 0 radical (unpaired) electrons. The second kappa shape index (κ2) is 7.09. The number of rotatable bonds is 5. The van der Waals surface area contributed by atoms with Crippen LogP contribution >= 0.6 is 0 Å². The molecule has 3 nitrogen and oxygen atoms in total. The van der Waals surface area contributed by atoms with Crippen molar-refractivity contribution in [2.24, 2.45) is 5.92 Å². The Morgan fingerprint density at radius 1 is 1.30 bits per heavy atom. The van der Waals surface area contributed by atoms with E-state index in [4.69, 9.17) is 0 Å². The number of hydrogen-bond acceptors (Lipinski definition) is 2. The highest BCUT2D eigenvalue weighted by atomic mass is 16.1. The number of nitrogens with zero attached hydrogens (tertiary/aromatic N) is 1. The van der Waals surface area contributed by atoms with Gasteiger partial charge in [-0.2, -0.15) is 5.26 Å². The molecule has 1 aliphatic rings. The number of carbonyl (C=O) groups excluding carboxylic acids is 1. The van der Waals surface area contributed by atoms with Crippen molar-refractivity contribution in [2.45, 2.75) is 51.5 Å². The van der Waals surface area contributed by atoms with Crippen LogP contribution in [-0.2, 0) is 17.6 Å². The van der Waals surface area contributed by atoms with Gasteiger partial charge in [-0.15, -0.1) is 0 Å². The first kappa shape index (κ1) is 14.6. The van der Waals surface area contributed by atoms with E-state index in [1.54, 1.807) is 0 Å². The van der Waals surface area contributed by atoms with Crippen LogP contribution in [0.4, 0.5) is 0 Å². The SMILES string of the molecule is CCc1ccc(CC(C#N)C(=O)NC2CCCC2)cc1. The molecule has 20 heavy (non-hydrogen) atoms. The fourth-order valence-electron chi connectivity index (χ4n) is 2.72. The van der Waals surface area contributed by atoms with E-state index in [-0.39, 0.29) is 11.9 Å². The minimum atomic E-state index is -0.580. The molecule has 0 heterocycles. The summed E-state index contributed by atoms with van der Waals surface area (Å²) in [6, 6.07) is 10.6. The van der Waals surface area contributed by atoms with Crippen molar-refractivity contribution in [2.75, 3.05) is 0 Å². The molecule has 1 unspecified atom stereocenters. The fraction of sp³-hybridized carbons (Fsp3) is 0.529. The molecular weight excluding hydrogens is 248 g/mol. The van der Waals surface area contributed by atoms with E-state index in [0.717, 1.165) is 24.8 Å². The Morgan fingerprint density at radius 3 is 2.45 bits per heavy atom. The monoisotopic (exact) mass is 270 g/mol. The zero-order chi connectivity index (χ0) is 14.4. The van der Waals surface area contributed by atoms with Gasteiger partial charge in [0.1, 0.15) is 5.92 Å². The molecule has 0 saturated heterocycles. The normalized spacial score (nSPS) is 16.6. The van der Waals surface area contributed by atoms with Crippen molar-refractivity contribution >= 4 is 5.91 Å². The average molecular weight is 270 g/mol. The minimum absolute atomic E-state index is 0.112. The number of hydrogen-bond donors (Lipinski definition) is 1. The molecule has 1 atom stereocenters. The Bertz CT molecular complexity index is 481. The van der Waals surface area contributed by atoms with Gasteiger partial charge >= 0.3 is 0 Å². The van der Waals surface area contributed by atoms with Crippen LogP contribution in [0, 0.1) is 17.2 Å². The fourth-order valence-corrected chi connectivity index (χ4v) is 2.72. The Morgan fingerprint density at radius 2 is 1.90 bits per heavy atom. The van der Waals surface area contributed by atoms with E-state index < -0.39 is 5.92 Å². The topological polar surface area (TPSA) is 52.9 Å². The van der Waals surface area contributed by atoms with Crippen molar-refractivity contribution in [3.8, 4) is 6.07 Å². The number of carbonyl (C=O) groups is 1. The highest BCUT2D eigenvalue weighted by molar-refractivity contribution is 5.81. The maximum Gasteiger partial charge on any atom is 0.237 e. The van der Waals surface area contributed by atoms with Crippen molar-refractivity contribution in [1.29, 1.82) is 5.26 Å². The lowest BCUT2D eigenvalue weighted by Gasteiger charge is -2.15. The minimum Gasteiger partial charge on any atom is -0.352 e. The van der Waals surface area contributed by atoms with E-state index >= 15 is 0 Å². The van der Waals surface area contributed by atoms with Gasteiger partial charge in [0, 0.05) is 6.04 Å². The van der Waals surface area contributed by atoms with Gasteiger partial charge in [-0.1, -0.05) is 44.0 Å². The summed E-state index contributed by atoms with van der Waals surface area (Å²) in [5, 5.41) is 12.2. The van der Waals surface area contributed by atoms with Crippen LogP contribution in [0.1, 0.15) is 43.7 Å². The Balaban J connectivity index is 1.93. The summed E-state index contributed by atoms with van der Waals surface area (Å²) in [6.45, 7) is 2.11. The molecule has 1 aliphatic carbocycles. The summed E-state index contributed by atoms with van der Waals surface area (Å²) < 4.78 is 0. The Kier molecular flexibility index (Phi) is 5.17. The standard InChI is InChI=1S/C17H22N2O/c1-2-13-7-9-14(10-8-13)11-15(12-18)17(20)19-16-5-3-4-6-16/h7-10,15-16H,2-6,11H2,1H3,(H,19,20). The maximum absolute atomic E-state index is 12.1. The first-order chi connectivity index (χ1) is 9.72. The zero-order valence-electron chi connectivity index (χ0n) is 12.1. The van der Waals surface area contributed by atoms with Crippen LogP contribution in [0.15, 0.2) is 24.3 Å². The van der Waals surface area contributed by atoms with Gasteiger partial charge in [-0.05, 0) is 36.8 Å². The van der Waals surface area contributed by atoms with Crippen LogP contribution in [0.5, 0.6) is 0 Å². The molecule has 0 bridgehead atoms. The van der Waals surface area contributed by atoms with Gasteiger partial charge < -0.3 is 5.32 Å². The van der Waals surface area contributed by atoms with E-state index in [2.05, 4.69) is 30.4 Å². The molecule has 1 aromatic carbocycles. The quantitative estimate of drug-likeness (QED) is 0.894. The second-order valence-corrected chi connectivity index (χ2v) is 5.55. The number of nitriles is 1. The first-order valence-electron chi connectivity index (χ1n) is 7.50. The number of amides is 1. The van der Waals surface area contributed by atoms with Crippen LogP contribution in [0.25, 0.3) is 0 Å². The Hall–Kier alpha value is -1.82. The predicted molar refractivity (Wildman–Crippen MR) is 79.0 cm³/mol. The molecule has 0 aromatic heterocycles. The van der Waals surface area contributed by atoms with Gasteiger partial charge in [0.25, 0.3) is 0 Å². The summed E-state index contributed by atoms with van der Waals surface area (Å²) in [4.78, 5) is 12.1. The van der Waals surface area contributed by atoms with Gasteiger partial charge in [-0.3, -0.25) is 4.79 Å². The van der Waals surface area contributed by atoms with Gasteiger partial charge in [0.15, 0.2) is 0 Å². The third-order valence-corrected chi connectivity index (χ3v) is 4.04. The molecule has 106 valence electrons. The number of aryl methyl sites for hydroxylation is 1. The largest absolute Gasteiger partial charge is 0.352 e. The molecule has 0 aliphatic heterocycles. The Labute approximate surface area is 121 Å². The molecule has 3 heteroatoms. The van der Waals surface area contributed by atoms with Crippen molar-refractivity contribution in [3.63, 3.8) is 0 Å². The highest BCUT2D eigenvalue weighted by Crippen LogP contribution is 2.18. The van der Waals surface area contributed by atoms with E-state index in [0.29, 0.717) is 6.42 Å². The van der Waals surface area contributed by atoms with Gasteiger partial charge in [-0.25, -0.2) is 0 Å². The highest BCUT2D eigenvalue weighted by Gasteiger charge is 2.23. The lowest BCUT2D eigenvalue weighted by atomic mass is 9.98. The first-order valence-corrected chi connectivity index (χ1v) is 7.50. The molecule has 1 fully saturated rings. The number of nitrogens with one attached hydrogen (secondary N) is 1. The van der Waals surface area contributed by atoms with Crippen LogP contribution in [0.3, 0.4) is 0 Å². The molecular formula is C17H22N2O. The average Bonchev–Trinajstić information content (AvgIpc) is 2.98. The lowest BCUT2D eigenvalue weighted by Crippen LogP contribution is -2.37. The molecule has 1 amide bonds. The van der Waals surface area contributed by atoms with Crippen LogP contribution in [0.2, 0.25) is 0 Å². The molecule has 1 N–H and O–H groups in total. The van der Waals surface area contributed by atoms with E-state index in [1.807, 2.05) is 12.1 Å². The summed E-state index contributed by atoms with van der Waals surface area (Å²) in [5.41, 5.74) is 2.33. The second-order valence-electron chi connectivity index (χ2n) is 5.55. The van der Waals surface area contributed by atoms with Gasteiger partial charge in [0.2, 0.25) is 5.91 Å². The van der Waals surface area contributed by atoms with Crippen LogP contribution in [-0.4, -0.2) is 11.9 Å². The van der Waals surface area contributed by atoms with E-state index in [9.17, 15) is 10.1 Å².